The SMILES string of the molecule is Cc1cccc(N2CCN(C(=O)C3CC(=O)N(c4ccccc4)C3)CC2)c1C. The molecule has 2 aromatic rings. The van der Waals surface area contributed by atoms with E-state index in [0.717, 1.165) is 18.8 Å². The van der Waals surface area contributed by atoms with Gasteiger partial charge in [0.25, 0.3) is 0 Å². The standard InChI is InChI=1S/C23H27N3O2/c1-17-7-6-10-21(18(17)2)24-11-13-25(14-12-24)23(28)19-15-22(27)26(16-19)20-8-4-3-5-9-20/h3-10,19H,11-16H2,1-2H3. The van der Waals surface area contributed by atoms with Crippen LogP contribution in [0.1, 0.15) is 17.5 Å². The molecular weight excluding hydrogens is 350 g/mol. The summed E-state index contributed by atoms with van der Waals surface area (Å²) in [6.45, 7) is 7.86. The third kappa shape index (κ3) is 3.49. The van der Waals surface area contributed by atoms with Crippen molar-refractivity contribution in [1.29, 1.82) is 0 Å². The van der Waals surface area contributed by atoms with Crippen LogP contribution < -0.4 is 9.80 Å². The summed E-state index contributed by atoms with van der Waals surface area (Å²) in [7, 11) is 0. The summed E-state index contributed by atoms with van der Waals surface area (Å²) in [5, 5.41) is 0. The number of carbonyl (C=O) groups excluding carboxylic acids is 2. The Labute approximate surface area is 166 Å². The van der Waals surface area contributed by atoms with Crippen molar-refractivity contribution in [3.8, 4) is 0 Å². The number of hydrogen-bond acceptors (Lipinski definition) is 3. The summed E-state index contributed by atoms with van der Waals surface area (Å²) in [6.07, 6.45) is 0.310. The zero-order valence-electron chi connectivity index (χ0n) is 16.6. The molecule has 1 unspecified atom stereocenters. The van der Waals surface area contributed by atoms with Gasteiger partial charge in [-0.15, -0.1) is 0 Å². The van der Waals surface area contributed by atoms with Gasteiger partial charge in [-0.25, -0.2) is 0 Å². The lowest BCUT2D eigenvalue weighted by atomic mass is 10.1. The number of nitrogens with zero attached hydrogens (tertiary/aromatic N) is 3. The molecule has 5 nitrogen and oxygen atoms in total. The van der Waals surface area contributed by atoms with Crippen molar-refractivity contribution in [3.63, 3.8) is 0 Å². The van der Waals surface area contributed by atoms with Crippen LogP contribution in [0.3, 0.4) is 0 Å². The Morgan fingerprint density at radius 2 is 1.64 bits per heavy atom. The van der Waals surface area contributed by atoms with Crippen LogP contribution in [0.5, 0.6) is 0 Å². The van der Waals surface area contributed by atoms with Crippen LogP contribution in [-0.2, 0) is 9.59 Å². The fourth-order valence-corrected chi connectivity index (χ4v) is 4.23. The zero-order chi connectivity index (χ0) is 19.7. The number of rotatable bonds is 3. The normalized spacial score (nSPS) is 20.0. The van der Waals surface area contributed by atoms with Gasteiger partial charge in [-0.1, -0.05) is 30.3 Å². The fraction of sp³-hybridized carbons (Fsp3) is 0.391. The Morgan fingerprint density at radius 3 is 2.36 bits per heavy atom. The maximum absolute atomic E-state index is 13.0. The highest BCUT2D eigenvalue weighted by Crippen LogP contribution is 2.28. The van der Waals surface area contributed by atoms with Gasteiger partial charge >= 0.3 is 0 Å². The summed E-state index contributed by atoms with van der Waals surface area (Å²) in [4.78, 5) is 31.5. The minimum atomic E-state index is -0.236. The predicted molar refractivity (Wildman–Crippen MR) is 112 cm³/mol. The molecule has 0 radical (unpaired) electrons. The number of aryl methyl sites for hydroxylation is 1. The van der Waals surface area contributed by atoms with Gasteiger partial charge in [-0.05, 0) is 43.2 Å². The van der Waals surface area contributed by atoms with E-state index in [1.807, 2.05) is 35.2 Å². The van der Waals surface area contributed by atoms with Crippen LogP contribution in [0, 0.1) is 19.8 Å². The Balaban J connectivity index is 1.38. The second-order valence-electron chi connectivity index (χ2n) is 7.77. The summed E-state index contributed by atoms with van der Waals surface area (Å²) in [5.41, 5.74) is 4.74. The number of amides is 2. The molecule has 2 amide bonds. The molecule has 0 bridgehead atoms. The van der Waals surface area contributed by atoms with Gasteiger partial charge < -0.3 is 14.7 Å². The van der Waals surface area contributed by atoms with Gasteiger partial charge in [0.15, 0.2) is 0 Å². The maximum Gasteiger partial charge on any atom is 0.228 e. The van der Waals surface area contributed by atoms with Crippen molar-refractivity contribution in [1.82, 2.24) is 4.90 Å². The molecule has 2 aliphatic heterocycles. The number of benzene rings is 2. The highest BCUT2D eigenvalue weighted by Gasteiger charge is 2.37. The monoisotopic (exact) mass is 377 g/mol. The largest absolute Gasteiger partial charge is 0.368 e. The van der Waals surface area contributed by atoms with E-state index in [2.05, 4.69) is 36.9 Å². The second-order valence-corrected chi connectivity index (χ2v) is 7.77. The first-order valence-electron chi connectivity index (χ1n) is 10.00. The molecular formula is C23H27N3O2. The van der Waals surface area contributed by atoms with Gasteiger partial charge in [0, 0.05) is 50.5 Å². The molecule has 2 saturated heterocycles. The Bertz CT molecular complexity index is 873. The molecule has 28 heavy (non-hydrogen) atoms. The van der Waals surface area contributed by atoms with E-state index in [0.29, 0.717) is 26.1 Å². The third-order valence-electron chi connectivity index (χ3n) is 6.05. The molecule has 0 spiro atoms. The minimum Gasteiger partial charge on any atom is -0.368 e. The van der Waals surface area contributed by atoms with Gasteiger partial charge in [0.2, 0.25) is 11.8 Å². The Hall–Kier alpha value is -2.82. The van der Waals surface area contributed by atoms with E-state index in [-0.39, 0.29) is 17.7 Å². The molecule has 2 aromatic carbocycles. The van der Waals surface area contributed by atoms with Crippen molar-refractivity contribution in [3.05, 3.63) is 59.7 Å². The Kier molecular flexibility index (Phi) is 5.07. The average Bonchev–Trinajstić information content (AvgIpc) is 3.12. The molecule has 5 heteroatoms. The summed E-state index contributed by atoms with van der Waals surface area (Å²) >= 11 is 0. The van der Waals surface area contributed by atoms with E-state index in [9.17, 15) is 9.59 Å². The van der Waals surface area contributed by atoms with Crippen molar-refractivity contribution in [2.24, 2.45) is 5.92 Å². The molecule has 0 aromatic heterocycles. The second kappa shape index (κ2) is 7.66. The molecule has 0 aliphatic carbocycles. The quantitative estimate of drug-likeness (QED) is 0.826. The number of carbonyl (C=O) groups is 2. The molecule has 146 valence electrons. The van der Waals surface area contributed by atoms with Gasteiger partial charge in [0.05, 0.1) is 5.92 Å². The van der Waals surface area contributed by atoms with E-state index in [1.165, 1.54) is 16.8 Å². The van der Waals surface area contributed by atoms with Crippen LogP contribution in [0.15, 0.2) is 48.5 Å². The lowest BCUT2D eigenvalue weighted by Crippen LogP contribution is -2.51. The molecule has 0 saturated carbocycles. The highest BCUT2D eigenvalue weighted by atomic mass is 16.2. The number of anilines is 2. The lowest BCUT2D eigenvalue weighted by Gasteiger charge is -2.38. The zero-order valence-corrected chi connectivity index (χ0v) is 16.6. The lowest BCUT2D eigenvalue weighted by molar-refractivity contribution is -0.136. The fourth-order valence-electron chi connectivity index (χ4n) is 4.23. The first-order valence-corrected chi connectivity index (χ1v) is 10.00. The highest BCUT2D eigenvalue weighted by molar-refractivity contribution is 6.00. The molecule has 1 atom stereocenters. The molecule has 0 N–H and O–H groups in total. The van der Waals surface area contributed by atoms with E-state index in [4.69, 9.17) is 0 Å². The summed E-state index contributed by atoms with van der Waals surface area (Å²) < 4.78 is 0. The van der Waals surface area contributed by atoms with Crippen molar-refractivity contribution >= 4 is 23.2 Å². The van der Waals surface area contributed by atoms with Gasteiger partial charge in [-0.2, -0.15) is 0 Å². The maximum atomic E-state index is 13.0. The number of piperazine rings is 1. The van der Waals surface area contributed by atoms with Crippen LogP contribution >= 0.6 is 0 Å². The Morgan fingerprint density at radius 1 is 0.929 bits per heavy atom. The number of hydrogen-bond donors (Lipinski definition) is 0. The molecule has 4 rings (SSSR count). The predicted octanol–water partition coefficient (Wildman–Crippen LogP) is 3.01. The minimum absolute atomic E-state index is 0.0403. The molecule has 2 aliphatic rings. The van der Waals surface area contributed by atoms with E-state index < -0.39 is 0 Å². The van der Waals surface area contributed by atoms with Crippen molar-refractivity contribution < 1.29 is 9.59 Å². The first-order chi connectivity index (χ1) is 13.5. The summed E-state index contributed by atoms with van der Waals surface area (Å²) in [6, 6.07) is 16.0. The van der Waals surface area contributed by atoms with E-state index in [1.54, 1.807) is 4.90 Å². The molecule has 2 heterocycles. The summed E-state index contributed by atoms with van der Waals surface area (Å²) in [5.74, 6) is -0.0778. The third-order valence-corrected chi connectivity index (χ3v) is 6.05. The van der Waals surface area contributed by atoms with Crippen molar-refractivity contribution in [2.75, 3.05) is 42.5 Å². The van der Waals surface area contributed by atoms with E-state index >= 15 is 0 Å². The van der Waals surface area contributed by atoms with Crippen LogP contribution in [0.25, 0.3) is 0 Å². The van der Waals surface area contributed by atoms with Crippen LogP contribution in [0.2, 0.25) is 0 Å². The van der Waals surface area contributed by atoms with Crippen LogP contribution in [0.4, 0.5) is 11.4 Å². The first kappa shape index (κ1) is 18.5. The number of para-hydroxylation sites is 1. The average molecular weight is 377 g/mol. The van der Waals surface area contributed by atoms with Crippen molar-refractivity contribution in [2.45, 2.75) is 20.3 Å². The van der Waals surface area contributed by atoms with Crippen LogP contribution in [-0.4, -0.2) is 49.4 Å². The smallest absolute Gasteiger partial charge is 0.228 e. The van der Waals surface area contributed by atoms with Gasteiger partial charge in [0.1, 0.15) is 0 Å². The topological polar surface area (TPSA) is 43.9 Å². The van der Waals surface area contributed by atoms with Gasteiger partial charge in [-0.3, -0.25) is 9.59 Å². The molecule has 2 fully saturated rings.